The lowest BCUT2D eigenvalue weighted by Gasteiger charge is -2.27. The number of benzene rings is 1. The standard InChI is InChI=1S/C15H20N2O4/c1-10-3-2-4-11(7-10)9-16-14-6-5-12(17(20)21)8-13(14)15(18)19/h5-6,8,10-11,16H,2-4,7,9H2,1H3,(H,18,19). The Morgan fingerprint density at radius 1 is 1.48 bits per heavy atom. The SMILES string of the molecule is CC1CCCC(CNc2ccc([N+](=O)[O-])cc2C(=O)O)C1. The van der Waals surface area contributed by atoms with Crippen molar-refractivity contribution >= 4 is 17.3 Å². The van der Waals surface area contributed by atoms with Gasteiger partial charge >= 0.3 is 5.97 Å². The monoisotopic (exact) mass is 292 g/mol. The summed E-state index contributed by atoms with van der Waals surface area (Å²) in [5.41, 5.74) is 0.198. The molecule has 0 amide bonds. The molecule has 2 N–H and O–H groups in total. The molecule has 21 heavy (non-hydrogen) atoms. The fraction of sp³-hybridized carbons (Fsp3) is 0.533. The summed E-state index contributed by atoms with van der Waals surface area (Å²) in [5.74, 6) is 0.0881. The lowest BCUT2D eigenvalue weighted by atomic mass is 9.82. The van der Waals surface area contributed by atoms with E-state index in [9.17, 15) is 20.0 Å². The third kappa shape index (κ3) is 3.93. The van der Waals surface area contributed by atoms with Crippen molar-refractivity contribution in [1.82, 2.24) is 0 Å². The number of nitrogens with zero attached hydrogens (tertiary/aromatic N) is 1. The Bertz CT molecular complexity index is 544. The Labute approximate surface area is 123 Å². The van der Waals surface area contributed by atoms with E-state index in [0.717, 1.165) is 18.9 Å². The Kier molecular flexibility index (Phi) is 4.77. The minimum absolute atomic E-state index is 0.0481. The van der Waals surface area contributed by atoms with Gasteiger partial charge in [-0.2, -0.15) is 0 Å². The zero-order valence-corrected chi connectivity index (χ0v) is 12.0. The molecule has 1 fully saturated rings. The molecule has 2 unspecified atom stereocenters. The normalized spacial score (nSPS) is 21.8. The van der Waals surface area contributed by atoms with E-state index in [2.05, 4.69) is 12.2 Å². The Hall–Kier alpha value is -2.11. The number of hydrogen-bond acceptors (Lipinski definition) is 4. The number of rotatable bonds is 5. The highest BCUT2D eigenvalue weighted by Crippen LogP contribution is 2.29. The minimum Gasteiger partial charge on any atom is -0.478 e. The second-order valence-electron chi connectivity index (χ2n) is 5.81. The summed E-state index contributed by atoms with van der Waals surface area (Å²) in [4.78, 5) is 21.4. The van der Waals surface area contributed by atoms with E-state index < -0.39 is 10.9 Å². The number of nitro benzene ring substituents is 1. The lowest BCUT2D eigenvalue weighted by Crippen LogP contribution is -2.21. The second-order valence-corrected chi connectivity index (χ2v) is 5.81. The first-order chi connectivity index (χ1) is 9.97. The maximum Gasteiger partial charge on any atom is 0.338 e. The maximum absolute atomic E-state index is 11.2. The molecule has 114 valence electrons. The number of hydrogen-bond donors (Lipinski definition) is 2. The Balaban J connectivity index is 2.08. The maximum atomic E-state index is 11.2. The minimum atomic E-state index is -1.15. The van der Waals surface area contributed by atoms with Crippen LogP contribution in [0.5, 0.6) is 0 Å². The van der Waals surface area contributed by atoms with E-state index >= 15 is 0 Å². The highest BCUT2D eigenvalue weighted by atomic mass is 16.6. The Morgan fingerprint density at radius 2 is 2.24 bits per heavy atom. The van der Waals surface area contributed by atoms with Crippen molar-refractivity contribution in [2.24, 2.45) is 11.8 Å². The van der Waals surface area contributed by atoms with Crippen molar-refractivity contribution in [1.29, 1.82) is 0 Å². The van der Waals surface area contributed by atoms with Crippen LogP contribution in [0.1, 0.15) is 43.0 Å². The number of nitrogens with one attached hydrogen (secondary N) is 1. The summed E-state index contributed by atoms with van der Waals surface area (Å²) in [6.07, 6.45) is 4.75. The smallest absolute Gasteiger partial charge is 0.338 e. The van der Waals surface area contributed by atoms with Crippen molar-refractivity contribution in [2.45, 2.75) is 32.6 Å². The molecule has 1 aliphatic rings. The van der Waals surface area contributed by atoms with Crippen LogP contribution in [-0.4, -0.2) is 22.5 Å². The third-order valence-corrected chi connectivity index (χ3v) is 4.07. The molecule has 0 bridgehead atoms. The molecule has 1 saturated carbocycles. The van der Waals surface area contributed by atoms with Gasteiger partial charge in [-0.15, -0.1) is 0 Å². The highest BCUT2D eigenvalue weighted by Gasteiger charge is 2.20. The van der Waals surface area contributed by atoms with E-state index in [1.165, 1.54) is 25.0 Å². The van der Waals surface area contributed by atoms with Gasteiger partial charge in [0.05, 0.1) is 10.5 Å². The van der Waals surface area contributed by atoms with Crippen molar-refractivity contribution in [3.63, 3.8) is 0 Å². The van der Waals surface area contributed by atoms with Crippen LogP contribution < -0.4 is 5.32 Å². The summed E-state index contributed by atoms with van der Waals surface area (Å²) in [6.45, 7) is 2.95. The molecular weight excluding hydrogens is 272 g/mol. The first-order valence-electron chi connectivity index (χ1n) is 7.23. The van der Waals surface area contributed by atoms with Gasteiger partial charge in [-0.1, -0.05) is 19.8 Å². The van der Waals surface area contributed by atoms with Crippen LogP contribution in [0.3, 0.4) is 0 Å². The topological polar surface area (TPSA) is 92.5 Å². The van der Waals surface area contributed by atoms with Gasteiger partial charge in [0.25, 0.3) is 5.69 Å². The summed E-state index contributed by atoms with van der Waals surface area (Å²) >= 11 is 0. The average molecular weight is 292 g/mol. The molecule has 2 atom stereocenters. The van der Waals surface area contributed by atoms with E-state index in [1.807, 2.05) is 0 Å². The number of carboxylic acid groups (broad SMARTS) is 1. The number of nitro groups is 1. The fourth-order valence-corrected chi connectivity index (χ4v) is 2.98. The van der Waals surface area contributed by atoms with Gasteiger partial charge in [0, 0.05) is 24.4 Å². The number of non-ortho nitro benzene ring substituents is 1. The fourth-order valence-electron chi connectivity index (χ4n) is 2.98. The summed E-state index contributed by atoms with van der Waals surface area (Å²) in [5, 5.41) is 23.1. The number of anilines is 1. The predicted octanol–water partition coefficient (Wildman–Crippen LogP) is 3.53. The number of carbonyl (C=O) groups is 1. The van der Waals surface area contributed by atoms with Gasteiger partial charge in [-0.3, -0.25) is 10.1 Å². The van der Waals surface area contributed by atoms with Gasteiger partial charge in [-0.25, -0.2) is 4.79 Å². The van der Waals surface area contributed by atoms with E-state index in [1.54, 1.807) is 0 Å². The number of aromatic carboxylic acids is 1. The number of carboxylic acids is 1. The Morgan fingerprint density at radius 3 is 2.86 bits per heavy atom. The first kappa shape index (κ1) is 15.3. The zero-order chi connectivity index (χ0) is 15.4. The van der Waals surface area contributed by atoms with Gasteiger partial charge in [0.2, 0.25) is 0 Å². The molecule has 1 aliphatic carbocycles. The van der Waals surface area contributed by atoms with Crippen LogP contribution in [0.25, 0.3) is 0 Å². The van der Waals surface area contributed by atoms with Crippen molar-refractivity contribution in [3.8, 4) is 0 Å². The van der Waals surface area contributed by atoms with Crippen molar-refractivity contribution < 1.29 is 14.8 Å². The summed E-state index contributed by atoms with van der Waals surface area (Å²) < 4.78 is 0. The van der Waals surface area contributed by atoms with E-state index in [0.29, 0.717) is 24.1 Å². The molecule has 0 aliphatic heterocycles. The second kappa shape index (κ2) is 6.56. The molecule has 0 radical (unpaired) electrons. The van der Waals surface area contributed by atoms with Gasteiger partial charge < -0.3 is 10.4 Å². The molecule has 1 aromatic rings. The van der Waals surface area contributed by atoms with Crippen LogP contribution in [0.15, 0.2) is 18.2 Å². The third-order valence-electron chi connectivity index (χ3n) is 4.07. The van der Waals surface area contributed by atoms with Crippen LogP contribution in [0, 0.1) is 22.0 Å². The van der Waals surface area contributed by atoms with Gasteiger partial charge in [0.15, 0.2) is 0 Å². The van der Waals surface area contributed by atoms with E-state index in [-0.39, 0.29) is 11.3 Å². The highest BCUT2D eigenvalue weighted by molar-refractivity contribution is 5.95. The van der Waals surface area contributed by atoms with Crippen LogP contribution in [0.2, 0.25) is 0 Å². The van der Waals surface area contributed by atoms with Gasteiger partial charge in [0.1, 0.15) is 0 Å². The quantitative estimate of drug-likeness (QED) is 0.639. The molecule has 0 saturated heterocycles. The summed E-state index contributed by atoms with van der Waals surface area (Å²) in [6, 6.07) is 3.92. The largest absolute Gasteiger partial charge is 0.478 e. The van der Waals surface area contributed by atoms with Crippen molar-refractivity contribution in [3.05, 3.63) is 33.9 Å². The first-order valence-corrected chi connectivity index (χ1v) is 7.23. The molecule has 1 aromatic carbocycles. The van der Waals surface area contributed by atoms with Crippen molar-refractivity contribution in [2.75, 3.05) is 11.9 Å². The lowest BCUT2D eigenvalue weighted by molar-refractivity contribution is -0.384. The van der Waals surface area contributed by atoms with Crippen LogP contribution in [-0.2, 0) is 0 Å². The molecule has 0 heterocycles. The average Bonchev–Trinajstić information content (AvgIpc) is 2.44. The van der Waals surface area contributed by atoms with Crippen LogP contribution in [0.4, 0.5) is 11.4 Å². The molecule has 0 spiro atoms. The van der Waals surface area contributed by atoms with Crippen LogP contribution >= 0.6 is 0 Å². The summed E-state index contributed by atoms with van der Waals surface area (Å²) in [7, 11) is 0. The zero-order valence-electron chi connectivity index (χ0n) is 12.0. The van der Waals surface area contributed by atoms with Gasteiger partial charge in [-0.05, 0) is 30.7 Å². The molecular formula is C15H20N2O4. The molecule has 6 heteroatoms. The predicted molar refractivity (Wildman–Crippen MR) is 79.7 cm³/mol. The molecule has 6 nitrogen and oxygen atoms in total. The molecule has 0 aromatic heterocycles. The van der Waals surface area contributed by atoms with E-state index in [4.69, 9.17) is 0 Å². The molecule has 2 rings (SSSR count).